The molecule has 0 unspecified atom stereocenters. The first-order valence-corrected chi connectivity index (χ1v) is 11.5. The van der Waals surface area contributed by atoms with Crippen molar-refractivity contribution in [1.29, 1.82) is 0 Å². The molecule has 14 nitrogen and oxygen atoms in total. The van der Waals surface area contributed by atoms with E-state index in [0.29, 0.717) is 22.2 Å². The summed E-state index contributed by atoms with van der Waals surface area (Å²) in [5.41, 5.74) is 1.90. The van der Waals surface area contributed by atoms with Crippen molar-refractivity contribution in [1.82, 2.24) is 29.7 Å². The molecule has 0 bridgehead atoms. The molecule has 2 aromatic carbocycles. The fourth-order valence-corrected chi connectivity index (χ4v) is 3.96. The van der Waals surface area contributed by atoms with E-state index in [1.165, 1.54) is 16.7 Å². The molecule has 2 amide bonds. The van der Waals surface area contributed by atoms with Crippen molar-refractivity contribution in [2.45, 2.75) is 19.5 Å². The summed E-state index contributed by atoms with van der Waals surface area (Å²) in [6, 6.07) is 11.5. The molecular formula is C25H20N6O8. The number of nitrogens with one attached hydrogen (secondary N) is 2. The summed E-state index contributed by atoms with van der Waals surface area (Å²) >= 11 is 0. The van der Waals surface area contributed by atoms with E-state index in [-0.39, 0.29) is 29.3 Å². The molecular weight excluding hydrogens is 512 g/mol. The van der Waals surface area contributed by atoms with Crippen molar-refractivity contribution >= 4 is 34.7 Å². The van der Waals surface area contributed by atoms with Crippen LogP contribution in [0.5, 0.6) is 0 Å². The third-order valence-electron chi connectivity index (χ3n) is 6.10. The maximum Gasteiger partial charge on any atom is 0.448 e. The lowest BCUT2D eigenvalue weighted by molar-refractivity contribution is 0.0696. The fourth-order valence-electron chi connectivity index (χ4n) is 3.96. The largest absolute Gasteiger partial charge is 0.478 e. The number of carbonyl (C=O) groups excluding carboxylic acids is 2. The number of hydrogen-bond acceptors (Lipinski definition) is 9. The van der Waals surface area contributed by atoms with Gasteiger partial charge in [0.25, 0.3) is 17.6 Å². The number of amides is 2. The number of benzene rings is 2. The Labute approximate surface area is 217 Å². The Morgan fingerprint density at radius 2 is 1.77 bits per heavy atom. The van der Waals surface area contributed by atoms with Crippen LogP contribution < -0.4 is 22.1 Å². The van der Waals surface area contributed by atoms with E-state index in [4.69, 9.17) is 9.52 Å². The molecule has 0 aliphatic rings. The summed E-state index contributed by atoms with van der Waals surface area (Å²) in [7, 11) is 1.56. The summed E-state index contributed by atoms with van der Waals surface area (Å²) in [5.74, 6) is -4.21. The molecule has 5 rings (SSSR count). The summed E-state index contributed by atoms with van der Waals surface area (Å²) in [4.78, 5) is 65.1. The van der Waals surface area contributed by atoms with E-state index in [2.05, 4.69) is 25.3 Å². The van der Waals surface area contributed by atoms with Crippen molar-refractivity contribution in [3.05, 3.63) is 97.7 Å². The average Bonchev–Trinajstić information content (AvgIpc) is 3.44. The Bertz CT molecular complexity index is 1880. The van der Waals surface area contributed by atoms with Crippen LogP contribution in [0.25, 0.3) is 16.9 Å². The smallest absolute Gasteiger partial charge is 0.448 e. The highest BCUT2D eigenvalue weighted by atomic mass is 16.5. The number of carboxylic acids is 1. The number of aromatic carboxylic acids is 1. The number of carboxylic acid groups (broad SMARTS) is 1. The molecule has 0 saturated heterocycles. The number of carbonyl (C=O) groups is 3. The molecule has 3 heterocycles. The van der Waals surface area contributed by atoms with Crippen LogP contribution in [0.15, 0.2) is 67.1 Å². The van der Waals surface area contributed by atoms with E-state index in [1.807, 2.05) is 0 Å². The predicted molar refractivity (Wildman–Crippen MR) is 133 cm³/mol. The second kappa shape index (κ2) is 9.74. The SMILES string of the molecule is C[C@H](NC(=O)c1cc(C(=O)NCc2ccc3oc(=O)n(C)c3c2)n2c(=O)onc2n1)c1ccc(C(=O)O)cc1. The lowest BCUT2D eigenvalue weighted by Crippen LogP contribution is -2.31. The number of rotatable bonds is 7. The molecule has 0 saturated carbocycles. The number of nitrogens with zero attached hydrogens (tertiary/aromatic N) is 4. The third-order valence-corrected chi connectivity index (χ3v) is 6.10. The van der Waals surface area contributed by atoms with E-state index in [9.17, 15) is 24.0 Å². The monoisotopic (exact) mass is 532 g/mol. The number of aryl methyl sites for hydroxylation is 1. The van der Waals surface area contributed by atoms with Gasteiger partial charge >= 0.3 is 17.5 Å². The van der Waals surface area contributed by atoms with Gasteiger partial charge in [0.15, 0.2) is 5.58 Å². The number of fused-ring (bicyclic) bond motifs is 2. The zero-order valence-electron chi connectivity index (χ0n) is 20.5. The molecule has 0 fully saturated rings. The van der Waals surface area contributed by atoms with Crippen molar-refractivity contribution in [3.8, 4) is 0 Å². The minimum absolute atomic E-state index is 0.0306. The van der Waals surface area contributed by atoms with Gasteiger partial charge in [-0.1, -0.05) is 18.2 Å². The Morgan fingerprint density at radius 1 is 1.03 bits per heavy atom. The minimum Gasteiger partial charge on any atom is -0.478 e. The highest BCUT2D eigenvalue weighted by molar-refractivity contribution is 5.98. The topological polar surface area (TPSA) is 191 Å². The van der Waals surface area contributed by atoms with Crippen LogP contribution >= 0.6 is 0 Å². The zero-order chi connectivity index (χ0) is 27.8. The van der Waals surface area contributed by atoms with Crippen LogP contribution in [0.1, 0.15) is 55.4 Å². The van der Waals surface area contributed by atoms with Crippen molar-refractivity contribution in [3.63, 3.8) is 0 Å². The average molecular weight is 532 g/mol. The fraction of sp³-hybridized carbons (Fsp3) is 0.160. The van der Waals surface area contributed by atoms with Crippen molar-refractivity contribution in [2.24, 2.45) is 7.05 Å². The van der Waals surface area contributed by atoms with Crippen molar-refractivity contribution in [2.75, 3.05) is 0 Å². The number of hydrogen-bond donors (Lipinski definition) is 3. The quantitative estimate of drug-likeness (QED) is 0.275. The standard InChI is InChI=1S/C25H20N6O8/c1-12(14-4-6-15(7-5-14)22(34)35)27-20(32)16-10-18(31-23(28-16)29-39-25(31)37)21(33)26-11-13-3-8-19-17(9-13)30(2)24(36)38-19/h3-10,12H,11H2,1-2H3,(H,26,33)(H,27,32)(H,34,35)/t12-/m0/s1. The normalized spacial score (nSPS) is 11.9. The minimum atomic E-state index is -1.07. The van der Waals surface area contributed by atoms with Gasteiger partial charge in [-0.2, -0.15) is 0 Å². The van der Waals surface area contributed by atoms with Crippen LogP contribution in [0, 0.1) is 0 Å². The molecule has 5 aromatic rings. The first kappa shape index (κ1) is 25.1. The van der Waals surface area contributed by atoms with Crippen LogP contribution in [0.2, 0.25) is 0 Å². The number of aromatic nitrogens is 4. The highest BCUT2D eigenvalue weighted by Gasteiger charge is 2.22. The molecule has 1 atom stereocenters. The molecule has 3 N–H and O–H groups in total. The van der Waals surface area contributed by atoms with Gasteiger partial charge in [-0.15, -0.1) is 0 Å². The van der Waals surface area contributed by atoms with E-state index in [1.54, 1.807) is 44.3 Å². The van der Waals surface area contributed by atoms with E-state index < -0.39 is 35.3 Å². The summed E-state index contributed by atoms with van der Waals surface area (Å²) < 4.78 is 11.9. The molecule has 3 aromatic heterocycles. The van der Waals surface area contributed by atoms with Crippen LogP contribution in [0.4, 0.5) is 0 Å². The second-order valence-corrected chi connectivity index (χ2v) is 8.64. The van der Waals surface area contributed by atoms with Gasteiger partial charge < -0.3 is 20.2 Å². The van der Waals surface area contributed by atoms with Gasteiger partial charge in [0.2, 0.25) is 0 Å². The van der Waals surface area contributed by atoms with E-state index >= 15 is 0 Å². The summed E-state index contributed by atoms with van der Waals surface area (Å²) in [5, 5.41) is 18.0. The van der Waals surface area contributed by atoms with Crippen LogP contribution in [-0.4, -0.2) is 42.0 Å². The van der Waals surface area contributed by atoms with Gasteiger partial charge in [-0.05, 0) is 53.5 Å². The zero-order valence-corrected chi connectivity index (χ0v) is 20.5. The first-order chi connectivity index (χ1) is 18.6. The van der Waals surface area contributed by atoms with Crippen molar-refractivity contribution < 1.29 is 28.4 Å². The van der Waals surface area contributed by atoms with E-state index in [0.717, 1.165) is 10.5 Å². The molecule has 0 aliphatic carbocycles. The first-order valence-electron chi connectivity index (χ1n) is 11.5. The second-order valence-electron chi connectivity index (χ2n) is 8.64. The molecule has 0 aliphatic heterocycles. The highest BCUT2D eigenvalue weighted by Crippen LogP contribution is 2.16. The van der Waals surface area contributed by atoms with Gasteiger partial charge in [0.05, 0.1) is 17.1 Å². The Hall–Kier alpha value is -5.53. The third kappa shape index (κ3) is 4.77. The lowest BCUT2D eigenvalue weighted by atomic mass is 10.1. The Morgan fingerprint density at radius 3 is 2.49 bits per heavy atom. The van der Waals surface area contributed by atoms with Gasteiger partial charge in [-0.3, -0.25) is 18.7 Å². The Balaban J connectivity index is 1.38. The van der Waals surface area contributed by atoms with Gasteiger partial charge in [0.1, 0.15) is 11.4 Å². The maximum atomic E-state index is 13.1. The summed E-state index contributed by atoms with van der Waals surface area (Å²) in [6.07, 6.45) is 0. The Kier molecular flexibility index (Phi) is 6.27. The summed E-state index contributed by atoms with van der Waals surface area (Å²) in [6.45, 7) is 1.72. The molecule has 39 heavy (non-hydrogen) atoms. The lowest BCUT2D eigenvalue weighted by Gasteiger charge is -2.15. The molecule has 14 heteroatoms. The van der Waals surface area contributed by atoms with Gasteiger partial charge in [0, 0.05) is 13.6 Å². The van der Waals surface area contributed by atoms with Crippen LogP contribution in [-0.2, 0) is 13.6 Å². The number of oxazole rings is 1. The van der Waals surface area contributed by atoms with Gasteiger partial charge in [-0.25, -0.2) is 23.8 Å². The molecule has 198 valence electrons. The maximum absolute atomic E-state index is 13.1. The molecule has 0 spiro atoms. The molecule has 0 radical (unpaired) electrons. The predicted octanol–water partition coefficient (Wildman–Crippen LogP) is 1.25. The van der Waals surface area contributed by atoms with Crippen LogP contribution in [0.3, 0.4) is 0 Å².